The number of Topliss-reactive ketones (excluding diaryl/α,β-unsaturated/α-hetero) is 1. The number of nitrogens with two attached hydrogens (primary N) is 1. The van der Waals surface area contributed by atoms with Crippen molar-refractivity contribution in [2.45, 2.75) is 59.4 Å². The Hall–Kier alpha value is -2.49. The number of nitrogens with one attached hydrogen (secondary N) is 2. The molecule has 0 heterocycles. The van der Waals surface area contributed by atoms with E-state index < -0.39 is 23.8 Å². The van der Waals surface area contributed by atoms with Crippen LogP contribution in [-0.4, -0.2) is 58.7 Å². The molecule has 28 heavy (non-hydrogen) atoms. The molecule has 0 aromatic carbocycles. The Morgan fingerprint density at radius 2 is 1.57 bits per heavy atom. The zero-order chi connectivity index (χ0) is 21.9. The number of aliphatic carboxylic acids is 1. The van der Waals surface area contributed by atoms with Gasteiger partial charge in [-0.25, -0.2) is 0 Å². The first kappa shape index (κ1) is 25.5. The molecule has 0 spiro atoms. The number of hydrogen-bond donors (Lipinski definition) is 4. The third-order valence-electron chi connectivity index (χ3n) is 3.90. The highest BCUT2D eigenvalue weighted by molar-refractivity contribution is 5.87. The number of carboxylic acid groups (broad SMARTS) is 1. The summed E-state index contributed by atoms with van der Waals surface area (Å²) in [6.45, 7) is 6.88. The Balaban J connectivity index is 4.59. The number of amides is 3. The van der Waals surface area contributed by atoms with E-state index in [2.05, 4.69) is 10.7 Å². The Bertz CT molecular complexity index is 576. The second kappa shape index (κ2) is 12.8. The maximum Gasteiger partial charge on any atom is 0.303 e. The van der Waals surface area contributed by atoms with Crippen LogP contribution in [0.3, 0.4) is 0 Å². The second-order valence-corrected chi connectivity index (χ2v) is 7.13. The van der Waals surface area contributed by atoms with Gasteiger partial charge in [-0.3, -0.25) is 34.4 Å². The smallest absolute Gasteiger partial charge is 0.303 e. The molecule has 1 atom stereocenters. The molecule has 0 unspecified atom stereocenters. The average Bonchev–Trinajstić information content (AvgIpc) is 2.61. The van der Waals surface area contributed by atoms with E-state index in [0.717, 1.165) is 5.01 Å². The molecule has 0 aromatic heterocycles. The highest BCUT2D eigenvalue weighted by Gasteiger charge is 2.21. The van der Waals surface area contributed by atoms with Gasteiger partial charge >= 0.3 is 5.97 Å². The Morgan fingerprint density at radius 1 is 0.964 bits per heavy atom. The van der Waals surface area contributed by atoms with E-state index in [4.69, 9.17) is 10.8 Å². The van der Waals surface area contributed by atoms with Gasteiger partial charge in [-0.05, 0) is 6.42 Å². The summed E-state index contributed by atoms with van der Waals surface area (Å²) in [5.74, 6) is -2.98. The van der Waals surface area contributed by atoms with Crippen LogP contribution < -0.4 is 16.5 Å². The molecule has 160 valence electrons. The van der Waals surface area contributed by atoms with Crippen LogP contribution in [0.1, 0.15) is 53.4 Å². The van der Waals surface area contributed by atoms with Crippen LogP contribution in [0.2, 0.25) is 0 Å². The summed E-state index contributed by atoms with van der Waals surface area (Å²) >= 11 is 0. The summed E-state index contributed by atoms with van der Waals surface area (Å²) in [5, 5.41) is 12.2. The SMILES string of the molecule is CC(C)C(=O)CCC(=O)NN(CCNC(=O)[C@@H](N)CCC(=O)O)C(=O)C(C)C. The van der Waals surface area contributed by atoms with Crippen molar-refractivity contribution < 1.29 is 29.1 Å². The number of carbonyl (C=O) groups excluding carboxylic acids is 4. The number of carbonyl (C=O) groups is 5. The van der Waals surface area contributed by atoms with E-state index in [-0.39, 0.29) is 62.3 Å². The van der Waals surface area contributed by atoms with Gasteiger partial charge in [-0.15, -0.1) is 0 Å². The molecular weight excluding hydrogens is 368 g/mol. The third-order valence-corrected chi connectivity index (χ3v) is 3.90. The van der Waals surface area contributed by atoms with Crippen molar-refractivity contribution in [3.8, 4) is 0 Å². The summed E-state index contributed by atoms with van der Waals surface area (Å²) in [6.07, 6.45) is -0.179. The lowest BCUT2D eigenvalue weighted by atomic mass is 10.0. The Labute approximate surface area is 165 Å². The number of nitrogens with zero attached hydrogens (tertiary/aromatic N) is 1. The van der Waals surface area contributed by atoms with E-state index in [0.29, 0.717) is 0 Å². The van der Waals surface area contributed by atoms with E-state index in [1.54, 1.807) is 27.7 Å². The molecule has 0 aromatic rings. The van der Waals surface area contributed by atoms with Gasteiger partial charge in [0.15, 0.2) is 0 Å². The van der Waals surface area contributed by atoms with Crippen LogP contribution >= 0.6 is 0 Å². The van der Waals surface area contributed by atoms with Crippen LogP contribution in [-0.2, 0) is 24.0 Å². The Morgan fingerprint density at radius 3 is 2.07 bits per heavy atom. The molecular formula is C18H32N4O6. The van der Waals surface area contributed by atoms with Crippen molar-refractivity contribution in [3.63, 3.8) is 0 Å². The molecule has 0 aliphatic heterocycles. The minimum Gasteiger partial charge on any atom is -0.481 e. The van der Waals surface area contributed by atoms with Crippen LogP contribution in [0, 0.1) is 11.8 Å². The monoisotopic (exact) mass is 400 g/mol. The van der Waals surface area contributed by atoms with E-state index >= 15 is 0 Å². The highest BCUT2D eigenvalue weighted by Crippen LogP contribution is 2.03. The lowest BCUT2D eigenvalue weighted by Crippen LogP contribution is -2.52. The molecule has 10 heteroatoms. The third kappa shape index (κ3) is 10.6. The zero-order valence-electron chi connectivity index (χ0n) is 17.0. The largest absolute Gasteiger partial charge is 0.481 e. The van der Waals surface area contributed by atoms with Crippen LogP contribution in [0.15, 0.2) is 0 Å². The molecule has 0 fully saturated rings. The van der Waals surface area contributed by atoms with Crippen molar-refractivity contribution in [1.29, 1.82) is 0 Å². The molecule has 0 aliphatic carbocycles. The van der Waals surface area contributed by atoms with Gasteiger partial charge in [-0.1, -0.05) is 27.7 Å². The van der Waals surface area contributed by atoms with E-state index in [9.17, 15) is 24.0 Å². The van der Waals surface area contributed by atoms with Crippen LogP contribution in [0.25, 0.3) is 0 Å². The summed E-state index contributed by atoms with van der Waals surface area (Å²) in [5.41, 5.74) is 8.07. The quantitative estimate of drug-likeness (QED) is 0.331. The minimum atomic E-state index is -1.05. The lowest BCUT2D eigenvalue weighted by Gasteiger charge is -2.25. The summed E-state index contributed by atoms with van der Waals surface area (Å²) in [4.78, 5) is 58.3. The molecule has 5 N–H and O–H groups in total. The first-order valence-corrected chi connectivity index (χ1v) is 9.34. The number of ketones is 1. The fraction of sp³-hybridized carbons (Fsp3) is 0.722. The van der Waals surface area contributed by atoms with Crippen molar-refractivity contribution in [2.75, 3.05) is 13.1 Å². The van der Waals surface area contributed by atoms with Gasteiger partial charge < -0.3 is 16.2 Å². The summed E-state index contributed by atoms with van der Waals surface area (Å²) in [6, 6.07) is -0.970. The molecule has 10 nitrogen and oxygen atoms in total. The molecule has 0 saturated heterocycles. The normalized spacial score (nSPS) is 11.8. The predicted octanol–water partition coefficient (Wildman–Crippen LogP) is -0.184. The molecule has 0 saturated carbocycles. The molecule has 3 amide bonds. The summed E-state index contributed by atoms with van der Waals surface area (Å²) in [7, 11) is 0. The first-order chi connectivity index (χ1) is 13.0. The van der Waals surface area contributed by atoms with E-state index in [1.807, 2.05) is 0 Å². The van der Waals surface area contributed by atoms with Gasteiger partial charge in [0.1, 0.15) is 5.78 Å². The highest BCUT2D eigenvalue weighted by atomic mass is 16.4. The number of rotatable bonds is 12. The fourth-order valence-corrected chi connectivity index (χ4v) is 2.10. The van der Waals surface area contributed by atoms with Crippen LogP contribution in [0.4, 0.5) is 0 Å². The second-order valence-electron chi connectivity index (χ2n) is 7.13. The average molecular weight is 400 g/mol. The molecule has 0 rings (SSSR count). The standard InChI is InChI=1S/C18H32N4O6/c1-11(2)14(23)6-7-15(24)21-22(18(28)12(3)4)10-9-20-17(27)13(19)5-8-16(25)26/h11-13H,5-10,19H2,1-4H3,(H,20,27)(H,21,24)(H,25,26)/t13-/m0/s1. The molecule has 0 aliphatic rings. The van der Waals surface area contributed by atoms with Gasteiger partial charge in [0.05, 0.1) is 12.6 Å². The number of carboxylic acids is 1. The number of hydrogen-bond acceptors (Lipinski definition) is 6. The van der Waals surface area contributed by atoms with Gasteiger partial charge in [0, 0.05) is 37.6 Å². The first-order valence-electron chi connectivity index (χ1n) is 9.34. The van der Waals surface area contributed by atoms with Gasteiger partial charge in [0.2, 0.25) is 17.7 Å². The van der Waals surface area contributed by atoms with E-state index in [1.165, 1.54) is 0 Å². The van der Waals surface area contributed by atoms with Crippen molar-refractivity contribution in [2.24, 2.45) is 17.6 Å². The maximum absolute atomic E-state index is 12.3. The van der Waals surface area contributed by atoms with Crippen LogP contribution in [0.5, 0.6) is 0 Å². The maximum atomic E-state index is 12.3. The lowest BCUT2D eigenvalue weighted by molar-refractivity contribution is -0.144. The van der Waals surface area contributed by atoms with Crippen molar-refractivity contribution >= 4 is 29.5 Å². The number of hydrazine groups is 1. The zero-order valence-corrected chi connectivity index (χ0v) is 17.0. The fourth-order valence-electron chi connectivity index (χ4n) is 2.10. The minimum absolute atomic E-state index is 0.00355. The molecule has 0 bridgehead atoms. The van der Waals surface area contributed by atoms with Gasteiger partial charge in [0.25, 0.3) is 0 Å². The topological polar surface area (TPSA) is 159 Å². The van der Waals surface area contributed by atoms with Crippen molar-refractivity contribution in [3.05, 3.63) is 0 Å². The van der Waals surface area contributed by atoms with Crippen molar-refractivity contribution in [1.82, 2.24) is 15.8 Å². The van der Waals surface area contributed by atoms with Gasteiger partial charge in [-0.2, -0.15) is 0 Å². The Kier molecular flexibility index (Phi) is 11.7. The predicted molar refractivity (Wildman–Crippen MR) is 102 cm³/mol. The summed E-state index contributed by atoms with van der Waals surface area (Å²) < 4.78 is 0. The molecule has 0 radical (unpaired) electrons.